The number of methoxy groups -OCH3 is 1. The lowest BCUT2D eigenvalue weighted by molar-refractivity contribution is 0.414. The molecule has 0 spiro atoms. The zero-order valence-electron chi connectivity index (χ0n) is 10.4. The summed E-state index contributed by atoms with van der Waals surface area (Å²) in [5, 5.41) is 4.56. The van der Waals surface area contributed by atoms with Gasteiger partial charge in [-0.05, 0) is 52.3 Å². The average Bonchev–Trinajstić information content (AvgIpc) is 2.86. The Hall–Kier alpha value is -1.94. The maximum Gasteiger partial charge on any atom is 0.156 e. The highest BCUT2D eigenvalue weighted by atomic mass is 79.9. The molecule has 0 radical (unpaired) electrons. The standard InChI is InChI=1S/C15H13BrN2O/c1-19-15-12(16)3-2-4-14(15)18-11-5-6-13-10(9-11)7-8-17-13/h2-9,17-18H,1H3. The first-order valence-electron chi connectivity index (χ1n) is 5.94. The predicted octanol–water partition coefficient (Wildman–Crippen LogP) is 4.68. The van der Waals surface area contributed by atoms with Crippen LogP contribution in [-0.4, -0.2) is 12.1 Å². The summed E-state index contributed by atoms with van der Waals surface area (Å²) in [6.45, 7) is 0. The molecule has 2 aromatic carbocycles. The fourth-order valence-corrected chi connectivity index (χ4v) is 2.63. The van der Waals surface area contributed by atoms with Crippen LogP contribution in [0.4, 0.5) is 11.4 Å². The summed E-state index contributed by atoms with van der Waals surface area (Å²) in [4.78, 5) is 3.18. The zero-order chi connectivity index (χ0) is 13.2. The van der Waals surface area contributed by atoms with E-state index >= 15 is 0 Å². The number of ether oxygens (including phenoxy) is 1. The predicted molar refractivity (Wildman–Crippen MR) is 82.3 cm³/mol. The van der Waals surface area contributed by atoms with Crippen molar-refractivity contribution in [2.24, 2.45) is 0 Å². The molecule has 0 aliphatic carbocycles. The van der Waals surface area contributed by atoms with Crippen molar-refractivity contribution in [1.82, 2.24) is 4.98 Å². The first-order chi connectivity index (χ1) is 9.28. The van der Waals surface area contributed by atoms with E-state index in [1.54, 1.807) is 7.11 Å². The largest absolute Gasteiger partial charge is 0.493 e. The van der Waals surface area contributed by atoms with Crippen LogP contribution in [0, 0.1) is 0 Å². The van der Waals surface area contributed by atoms with Crippen molar-refractivity contribution in [2.45, 2.75) is 0 Å². The molecule has 0 unspecified atom stereocenters. The lowest BCUT2D eigenvalue weighted by atomic mass is 10.2. The second-order valence-corrected chi connectivity index (χ2v) is 5.08. The second kappa shape index (κ2) is 4.97. The topological polar surface area (TPSA) is 37.0 Å². The number of nitrogens with one attached hydrogen (secondary N) is 2. The number of hydrogen-bond donors (Lipinski definition) is 2. The van der Waals surface area contributed by atoms with Crippen LogP contribution >= 0.6 is 15.9 Å². The molecule has 0 bridgehead atoms. The minimum atomic E-state index is 0.802. The maximum absolute atomic E-state index is 5.41. The Kier molecular flexibility index (Phi) is 3.17. The van der Waals surface area contributed by atoms with Crippen molar-refractivity contribution in [1.29, 1.82) is 0 Å². The molecule has 0 aliphatic rings. The number of aromatic amines is 1. The van der Waals surface area contributed by atoms with Gasteiger partial charge in [0, 0.05) is 22.8 Å². The van der Waals surface area contributed by atoms with E-state index in [1.807, 2.05) is 30.5 Å². The number of halogens is 1. The lowest BCUT2D eigenvalue weighted by Crippen LogP contribution is -1.95. The summed E-state index contributed by atoms with van der Waals surface area (Å²) in [7, 11) is 1.67. The van der Waals surface area contributed by atoms with Crippen LogP contribution in [-0.2, 0) is 0 Å². The van der Waals surface area contributed by atoms with Crippen molar-refractivity contribution in [3.63, 3.8) is 0 Å². The van der Waals surface area contributed by atoms with E-state index in [2.05, 4.69) is 44.4 Å². The fourth-order valence-electron chi connectivity index (χ4n) is 2.10. The van der Waals surface area contributed by atoms with Crippen LogP contribution in [0.25, 0.3) is 10.9 Å². The van der Waals surface area contributed by atoms with Gasteiger partial charge >= 0.3 is 0 Å². The van der Waals surface area contributed by atoms with Crippen molar-refractivity contribution in [3.8, 4) is 5.75 Å². The maximum atomic E-state index is 5.41. The molecule has 2 N–H and O–H groups in total. The summed E-state index contributed by atoms with van der Waals surface area (Å²) < 4.78 is 6.34. The molecule has 0 fully saturated rings. The highest BCUT2D eigenvalue weighted by molar-refractivity contribution is 9.10. The SMILES string of the molecule is COc1c(Br)cccc1Nc1ccc2[nH]ccc2c1. The summed E-state index contributed by atoms with van der Waals surface area (Å²) >= 11 is 3.48. The van der Waals surface area contributed by atoms with Gasteiger partial charge in [-0.25, -0.2) is 0 Å². The molecular weight excluding hydrogens is 304 g/mol. The third-order valence-corrected chi connectivity index (χ3v) is 3.63. The molecule has 19 heavy (non-hydrogen) atoms. The Bertz CT molecular complexity index is 721. The summed E-state index contributed by atoms with van der Waals surface area (Å²) in [6, 6.07) is 14.2. The number of aromatic nitrogens is 1. The molecule has 0 amide bonds. The van der Waals surface area contributed by atoms with E-state index in [0.29, 0.717) is 0 Å². The van der Waals surface area contributed by atoms with Gasteiger partial charge < -0.3 is 15.0 Å². The minimum Gasteiger partial charge on any atom is -0.493 e. The Labute approximate surface area is 119 Å². The number of hydrogen-bond acceptors (Lipinski definition) is 2. The molecule has 0 saturated carbocycles. The van der Waals surface area contributed by atoms with Crippen molar-refractivity contribution >= 4 is 38.2 Å². The number of fused-ring (bicyclic) bond motifs is 1. The third kappa shape index (κ3) is 2.31. The monoisotopic (exact) mass is 316 g/mol. The van der Waals surface area contributed by atoms with E-state index in [9.17, 15) is 0 Å². The zero-order valence-corrected chi connectivity index (χ0v) is 12.0. The smallest absolute Gasteiger partial charge is 0.156 e. The summed E-state index contributed by atoms with van der Waals surface area (Å²) in [5.74, 6) is 0.802. The van der Waals surface area contributed by atoms with Crippen molar-refractivity contribution in [2.75, 3.05) is 12.4 Å². The number of para-hydroxylation sites is 1. The molecule has 0 saturated heterocycles. The summed E-state index contributed by atoms with van der Waals surface area (Å²) in [5.41, 5.74) is 3.10. The van der Waals surface area contributed by atoms with Crippen LogP contribution in [0.5, 0.6) is 5.75 Å². The summed E-state index contributed by atoms with van der Waals surface area (Å²) in [6.07, 6.45) is 1.94. The number of anilines is 2. The van der Waals surface area contributed by atoms with Gasteiger partial charge in [-0.3, -0.25) is 0 Å². The lowest BCUT2D eigenvalue weighted by Gasteiger charge is -2.12. The highest BCUT2D eigenvalue weighted by Gasteiger charge is 2.07. The molecule has 1 aromatic heterocycles. The number of benzene rings is 2. The minimum absolute atomic E-state index is 0.802. The quantitative estimate of drug-likeness (QED) is 0.736. The van der Waals surface area contributed by atoms with Crippen LogP contribution in [0.3, 0.4) is 0 Å². The van der Waals surface area contributed by atoms with Gasteiger partial charge in [0.25, 0.3) is 0 Å². The Morgan fingerprint density at radius 1 is 1.16 bits per heavy atom. The second-order valence-electron chi connectivity index (χ2n) is 4.23. The number of H-pyrrole nitrogens is 1. The van der Waals surface area contributed by atoms with Gasteiger partial charge in [-0.1, -0.05) is 6.07 Å². The molecule has 4 heteroatoms. The molecule has 3 rings (SSSR count). The van der Waals surface area contributed by atoms with E-state index in [4.69, 9.17) is 4.74 Å². The highest BCUT2D eigenvalue weighted by Crippen LogP contribution is 2.35. The number of rotatable bonds is 3. The fraction of sp³-hybridized carbons (Fsp3) is 0.0667. The Morgan fingerprint density at radius 3 is 2.89 bits per heavy atom. The molecule has 3 nitrogen and oxygen atoms in total. The van der Waals surface area contributed by atoms with E-state index in [0.717, 1.165) is 27.1 Å². The third-order valence-electron chi connectivity index (χ3n) is 3.00. The van der Waals surface area contributed by atoms with Crippen LogP contribution in [0.2, 0.25) is 0 Å². The molecule has 0 aliphatic heterocycles. The van der Waals surface area contributed by atoms with Gasteiger partial charge in [-0.2, -0.15) is 0 Å². The Balaban J connectivity index is 1.98. The van der Waals surface area contributed by atoms with Crippen LogP contribution in [0.15, 0.2) is 53.1 Å². The molecule has 0 atom stereocenters. The van der Waals surface area contributed by atoms with Gasteiger partial charge in [0.15, 0.2) is 5.75 Å². The van der Waals surface area contributed by atoms with Gasteiger partial charge in [0.05, 0.1) is 17.3 Å². The van der Waals surface area contributed by atoms with Crippen molar-refractivity contribution in [3.05, 3.63) is 53.1 Å². The first kappa shape index (κ1) is 12.1. The van der Waals surface area contributed by atoms with Crippen molar-refractivity contribution < 1.29 is 4.74 Å². The molecule has 3 aromatic rings. The van der Waals surface area contributed by atoms with E-state index in [1.165, 1.54) is 5.39 Å². The van der Waals surface area contributed by atoms with Crippen LogP contribution < -0.4 is 10.1 Å². The van der Waals surface area contributed by atoms with Gasteiger partial charge in [0.1, 0.15) is 0 Å². The van der Waals surface area contributed by atoms with Crippen LogP contribution in [0.1, 0.15) is 0 Å². The Morgan fingerprint density at radius 2 is 2.05 bits per heavy atom. The molecule has 96 valence electrons. The molecule has 1 heterocycles. The first-order valence-corrected chi connectivity index (χ1v) is 6.74. The average molecular weight is 317 g/mol. The molecular formula is C15H13BrN2O. The normalized spacial score (nSPS) is 10.6. The van der Waals surface area contributed by atoms with Gasteiger partial charge in [0.2, 0.25) is 0 Å². The van der Waals surface area contributed by atoms with E-state index < -0.39 is 0 Å². The van der Waals surface area contributed by atoms with Gasteiger partial charge in [-0.15, -0.1) is 0 Å². The van der Waals surface area contributed by atoms with E-state index in [-0.39, 0.29) is 0 Å².